The van der Waals surface area contributed by atoms with Gasteiger partial charge in [-0.15, -0.1) is 6.58 Å². The highest BCUT2D eigenvalue weighted by Crippen LogP contribution is 2.33. The second-order valence-electron chi connectivity index (χ2n) is 11.5. The molecule has 1 fully saturated rings. The fraction of sp³-hybridized carbons (Fsp3) is 0.400. The van der Waals surface area contributed by atoms with Crippen molar-refractivity contribution in [1.82, 2.24) is 4.90 Å². The molecule has 0 radical (unpaired) electrons. The molecule has 0 bridgehead atoms. The summed E-state index contributed by atoms with van der Waals surface area (Å²) < 4.78 is 25.4. The first-order valence-electron chi connectivity index (χ1n) is 14.4. The molecule has 1 amide bonds. The summed E-state index contributed by atoms with van der Waals surface area (Å²) in [6.07, 6.45) is 1.95. The van der Waals surface area contributed by atoms with E-state index in [1.54, 1.807) is 0 Å². The molecule has 1 heterocycles. The zero-order chi connectivity index (χ0) is 29.1. The van der Waals surface area contributed by atoms with Gasteiger partial charge in [0.15, 0.2) is 0 Å². The van der Waals surface area contributed by atoms with Gasteiger partial charge < -0.3 is 18.9 Å². The van der Waals surface area contributed by atoms with E-state index in [2.05, 4.69) is 18.7 Å². The van der Waals surface area contributed by atoms with E-state index in [0.29, 0.717) is 32.7 Å². The fourth-order valence-electron chi connectivity index (χ4n) is 5.17. The van der Waals surface area contributed by atoms with Gasteiger partial charge in [0.05, 0.1) is 38.6 Å². The van der Waals surface area contributed by atoms with E-state index in [0.717, 1.165) is 16.7 Å². The van der Waals surface area contributed by atoms with Crippen molar-refractivity contribution in [3.8, 4) is 0 Å². The molecule has 0 spiro atoms. The average Bonchev–Trinajstić information content (AvgIpc) is 2.96. The van der Waals surface area contributed by atoms with Gasteiger partial charge in [0.2, 0.25) is 0 Å². The monoisotopic (exact) mass is 557 g/mol. The van der Waals surface area contributed by atoms with Gasteiger partial charge in [-0.3, -0.25) is 4.90 Å². The first kappa shape index (κ1) is 30.5. The topological polar surface area (TPSA) is 57.2 Å². The molecule has 3 aromatic carbocycles. The molecule has 0 unspecified atom stereocenters. The number of carbonyl (C=O) groups is 1. The molecule has 3 aromatic rings. The van der Waals surface area contributed by atoms with Crippen molar-refractivity contribution in [3.63, 3.8) is 0 Å². The van der Waals surface area contributed by atoms with Crippen molar-refractivity contribution in [2.75, 3.05) is 6.61 Å². The second-order valence-corrected chi connectivity index (χ2v) is 11.5. The van der Waals surface area contributed by atoms with Crippen LogP contribution >= 0.6 is 0 Å². The molecule has 0 aliphatic carbocycles. The molecule has 218 valence electrons. The fourth-order valence-corrected chi connectivity index (χ4v) is 5.17. The van der Waals surface area contributed by atoms with Crippen molar-refractivity contribution in [1.29, 1.82) is 0 Å². The predicted octanol–water partition coefficient (Wildman–Crippen LogP) is 7.33. The van der Waals surface area contributed by atoms with Crippen molar-refractivity contribution >= 4 is 6.09 Å². The Balaban J connectivity index is 1.64. The van der Waals surface area contributed by atoms with Crippen LogP contribution in [0.4, 0.5) is 4.79 Å². The number of carbonyl (C=O) groups excluding carboxylic acids is 1. The van der Waals surface area contributed by atoms with Crippen LogP contribution in [-0.4, -0.2) is 47.5 Å². The van der Waals surface area contributed by atoms with E-state index in [1.165, 1.54) is 0 Å². The third-order valence-electron chi connectivity index (χ3n) is 7.04. The molecule has 1 saturated heterocycles. The highest BCUT2D eigenvalue weighted by Gasteiger charge is 2.47. The zero-order valence-electron chi connectivity index (χ0n) is 24.5. The normalized spacial score (nSPS) is 20.9. The number of hydrogen-bond acceptors (Lipinski definition) is 5. The van der Waals surface area contributed by atoms with Crippen LogP contribution in [-0.2, 0) is 38.8 Å². The third kappa shape index (κ3) is 9.28. The van der Waals surface area contributed by atoms with Gasteiger partial charge in [-0.1, -0.05) is 97.1 Å². The van der Waals surface area contributed by atoms with Gasteiger partial charge in [-0.2, -0.15) is 0 Å². The molecule has 1 aliphatic rings. The summed E-state index contributed by atoms with van der Waals surface area (Å²) in [5.74, 6) is 0. The maximum absolute atomic E-state index is 13.8. The van der Waals surface area contributed by atoms with E-state index in [-0.39, 0.29) is 24.8 Å². The van der Waals surface area contributed by atoms with E-state index in [4.69, 9.17) is 18.9 Å². The maximum atomic E-state index is 13.8. The van der Waals surface area contributed by atoms with E-state index < -0.39 is 17.7 Å². The Labute approximate surface area is 244 Å². The van der Waals surface area contributed by atoms with Crippen molar-refractivity contribution in [3.05, 3.63) is 120 Å². The number of benzene rings is 3. The van der Waals surface area contributed by atoms with Crippen LogP contribution in [0.5, 0.6) is 0 Å². The number of hydrogen-bond donors (Lipinski definition) is 0. The molecular weight excluding hydrogens is 514 g/mol. The summed E-state index contributed by atoms with van der Waals surface area (Å²) in [5, 5.41) is 0. The highest BCUT2D eigenvalue weighted by atomic mass is 16.6. The lowest BCUT2D eigenvalue weighted by Crippen LogP contribution is -2.64. The SMILES string of the molecule is C=CC[C@@H]1C[C@@H](OCc2ccccc2)[C@H](OCc2ccccc2)[C@H](COCc2ccccc2)N1C(=O)OC(C)(C)C. The lowest BCUT2D eigenvalue weighted by atomic mass is 9.88. The van der Waals surface area contributed by atoms with Gasteiger partial charge >= 0.3 is 6.09 Å². The van der Waals surface area contributed by atoms with Gasteiger partial charge in [0.25, 0.3) is 0 Å². The van der Waals surface area contributed by atoms with E-state index >= 15 is 0 Å². The Hall–Kier alpha value is -3.45. The lowest BCUT2D eigenvalue weighted by molar-refractivity contribution is -0.167. The zero-order valence-corrected chi connectivity index (χ0v) is 24.5. The van der Waals surface area contributed by atoms with E-state index in [1.807, 2.05) is 111 Å². The van der Waals surface area contributed by atoms with Crippen LogP contribution in [0.1, 0.15) is 50.3 Å². The quantitative estimate of drug-likeness (QED) is 0.218. The van der Waals surface area contributed by atoms with Gasteiger partial charge in [-0.05, 0) is 50.3 Å². The molecule has 6 heteroatoms. The Morgan fingerprint density at radius 2 is 1.34 bits per heavy atom. The Bertz CT molecular complexity index is 1200. The molecule has 4 atom stereocenters. The molecule has 6 nitrogen and oxygen atoms in total. The highest BCUT2D eigenvalue weighted by molar-refractivity contribution is 5.69. The molecule has 0 aromatic heterocycles. The van der Waals surface area contributed by atoms with Crippen LogP contribution in [0.3, 0.4) is 0 Å². The van der Waals surface area contributed by atoms with Crippen LogP contribution in [0.15, 0.2) is 104 Å². The summed E-state index contributed by atoms with van der Waals surface area (Å²) in [4.78, 5) is 15.6. The number of piperidine rings is 1. The van der Waals surface area contributed by atoms with Gasteiger partial charge in [0.1, 0.15) is 11.7 Å². The minimum atomic E-state index is -0.647. The molecule has 4 rings (SSSR count). The predicted molar refractivity (Wildman–Crippen MR) is 161 cm³/mol. The Morgan fingerprint density at radius 3 is 1.85 bits per heavy atom. The first-order chi connectivity index (χ1) is 19.8. The van der Waals surface area contributed by atoms with Crippen molar-refractivity contribution < 1.29 is 23.7 Å². The number of likely N-dealkylation sites (tertiary alicyclic amines) is 1. The summed E-state index contributed by atoms with van der Waals surface area (Å²) in [5.41, 5.74) is 2.55. The minimum absolute atomic E-state index is 0.176. The third-order valence-corrected chi connectivity index (χ3v) is 7.04. The standard InChI is InChI=1S/C35H43NO5/c1-5-15-30-22-32(39-24-28-18-11-7-12-19-28)33(40-25-29-20-13-8-14-21-29)31(36(30)34(37)41-35(2,3)4)26-38-23-27-16-9-6-10-17-27/h5-14,16-21,30-33H,1,15,22-26H2,2-4H3/t30-,31+,32-,33-/m1/s1. The number of ether oxygens (including phenoxy) is 4. The Morgan fingerprint density at radius 1 is 0.829 bits per heavy atom. The maximum Gasteiger partial charge on any atom is 0.410 e. The van der Waals surface area contributed by atoms with Crippen LogP contribution in [0.2, 0.25) is 0 Å². The number of nitrogens with zero attached hydrogens (tertiary/aromatic N) is 1. The molecule has 41 heavy (non-hydrogen) atoms. The summed E-state index contributed by atoms with van der Waals surface area (Å²) in [7, 11) is 0. The van der Waals surface area contributed by atoms with Crippen molar-refractivity contribution in [2.45, 2.75) is 83.3 Å². The number of amides is 1. The van der Waals surface area contributed by atoms with Crippen molar-refractivity contribution in [2.24, 2.45) is 0 Å². The van der Waals surface area contributed by atoms with Crippen LogP contribution < -0.4 is 0 Å². The van der Waals surface area contributed by atoms with Gasteiger partial charge in [-0.25, -0.2) is 4.79 Å². The van der Waals surface area contributed by atoms with Gasteiger partial charge in [0, 0.05) is 6.04 Å². The second kappa shape index (κ2) is 15.0. The van der Waals surface area contributed by atoms with Crippen LogP contribution in [0.25, 0.3) is 0 Å². The largest absolute Gasteiger partial charge is 0.444 e. The van der Waals surface area contributed by atoms with E-state index in [9.17, 15) is 4.79 Å². The summed E-state index contributed by atoms with van der Waals surface area (Å²) in [6.45, 7) is 11.2. The smallest absolute Gasteiger partial charge is 0.410 e. The lowest BCUT2D eigenvalue weighted by Gasteiger charge is -2.49. The van der Waals surface area contributed by atoms with Crippen LogP contribution in [0, 0.1) is 0 Å². The minimum Gasteiger partial charge on any atom is -0.444 e. The molecule has 1 aliphatic heterocycles. The summed E-state index contributed by atoms with van der Waals surface area (Å²) in [6, 6.07) is 29.6. The molecule has 0 N–H and O–H groups in total. The molecule has 0 saturated carbocycles. The first-order valence-corrected chi connectivity index (χ1v) is 14.4. The summed E-state index contributed by atoms with van der Waals surface area (Å²) >= 11 is 0. The number of rotatable bonds is 12. The molecular formula is C35H43NO5. The average molecular weight is 558 g/mol. The Kier molecular flexibility index (Phi) is 11.1.